The molecule has 0 aliphatic rings. The van der Waals surface area contributed by atoms with Gasteiger partial charge in [-0.05, 0) is 36.4 Å². The first-order valence-corrected chi connectivity index (χ1v) is 5.92. The highest BCUT2D eigenvalue weighted by atomic mass is 16.3. The average molecular weight is 249 g/mol. The number of hydrogen-bond donors (Lipinski definition) is 0. The second-order valence-electron chi connectivity index (χ2n) is 4.26. The fourth-order valence-electron chi connectivity index (χ4n) is 2.24. The molecule has 0 radical (unpaired) electrons. The summed E-state index contributed by atoms with van der Waals surface area (Å²) in [6.45, 7) is 0. The Labute approximate surface area is 115 Å². The van der Waals surface area contributed by atoms with Crippen molar-refractivity contribution < 1.29 is 9.90 Å². The van der Waals surface area contributed by atoms with E-state index in [0.717, 1.165) is 21.9 Å². The first-order valence-electron chi connectivity index (χ1n) is 7.92. The number of aromatic nitrogens is 1. The molecule has 0 saturated carbocycles. The Balaban J connectivity index is 2.01. The van der Waals surface area contributed by atoms with Gasteiger partial charge in [0.2, 0.25) is 0 Å². The molecule has 0 aliphatic heterocycles. The van der Waals surface area contributed by atoms with Crippen molar-refractivity contribution in [2.45, 2.75) is 0 Å². The topological polar surface area (TPSA) is 26.0 Å². The smallest absolute Gasteiger partial charge is 0.135 e. The van der Waals surface area contributed by atoms with Gasteiger partial charge in [0.1, 0.15) is 11.2 Å². The molecule has 0 bridgehead atoms. The zero-order chi connectivity index (χ0) is 16.1. The van der Waals surface area contributed by atoms with Gasteiger partial charge in [0.15, 0.2) is 0 Å². The second-order valence-corrected chi connectivity index (χ2v) is 4.26. The maximum Gasteiger partial charge on any atom is 0.135 e. The van der Waals surface area contributed by atoms with Crippen molar-refractivity contribution in [2.75, 3.05) is 0 Å². The third kappa shape index (κ3) is 1.61. The van der Waals surface area contributed by atoms with E-state index in [1.54, 1.807) is 12.1 Å². The number of pyridine rings is 1. The zero-order valence-electron chi connectivity index (χ0n) is 13.9. The highest BCUT2D eigenvalue weighted by Gasteiger charge is 2.07. The average Bonchev–Trinajstić information content (AvgIpc) is 2.94. The third-order valence-corrected chi connectivity index (χ3v) is 3.12. The molecule has 2 nitrogen and oxygen atoms in total. The maximum atomic E-state index is 8.03. The van der Waals surface area contributed by atoms with Gasteiger partial charge in [-0.1, -0.05) is 24.2 Å². The van der Waals surface area contributed by atoms with Crippen LogP contribution in [0.1, 0.15) is 5.48 Å². The highest BCUT2D eigenvalue weighted by molar-refractivity contribution is 6.06. The molecule has 2 aromatic carbocycles. The number of fused-ring (bicyclic) bond motifs is 3. The monoisotopic (exact) mass is 249 g/mol. The zero-order valence-corrected chi connectivity index (χ0v) is 9.90. The lowest BCUT2D eigenvalue weighted by atomic mass is 10.1. The summed E-state index contributed by atoms with van der Waals surface area (Å²) in [4.78, 5) is 4.02. The minimum absolute atomic E-state index is 0.141. The largest absolute Gasteiger partial charge is 0.456 e. The van der Waals surface area contributed by atoms with E-state index >= 15 is 0 Å². The standard InChI is InChI=1S/C17H11NO/c1-2-7-16-13(5-1)14-11-12(8-9-17(14)19-16)15-6-3-4-10-18-15/h1-11H/i3D,4D,6D,10D. The normalized spacial score (nSPS) is 14.1. The lowest BCUT2D eigenvalue weighted by Crippen LogP contribution is -1.80. The summed E-state index contributed by atoms with van der Waals surface area (Å²) in [7, 11) is 0. The molecule has 4 rings (SSSR count). The van der Waals surface area contributed by atoms with Crippen molar-refractivity contribution in [3.8, 4) is 11.3 Å². The van der Waals surface area contributed by atoms with E-state index in [1.165, 1.54) is 0 Å². The summed E-state index contributed by atoms with van der Waals surface area (Å²) in [5.41, 5.74) is 2.39. The molecule has 0 atom stereocenters. The molecule has 90 valence electrons. The van der Waals surface area contributed by atoms with Gasteiger partial charge < -0.3 is 4.42 Å². The van der Waals surface area contributed by atoms with Gasteiger partial charge in [-0.2, -0.15) is 0 Å². The van der Waals surface area contributed by atoms with Crippen molar-refractivity contribution in [3.05, 3.63) is 66.8 Å². The van der Waals surface area contributed by atoms with Crippen LogP contribution in [0.4, 0.5) is 0 Å². The highest BCUT2D eigenvalue weighted by Crippen LogP contribution is 2.31. The first kappa shape index (κ1) is 7.10. The van der Waals surface area contributed by atoms with Crippen LogP contribution < -0.4 is 0 Å². The van der Waals surface area contributed by atoms with Crippen LogP contribution in [0.3, 0.4) is 0 Å². The predicted octanol–water partition coefficient (Wildman–Crippen LogP) is 4.65. The SMILES string of the molecule is [2H]c1nc(-c2ccc3oc4ccccc4c3c2)c([2H])c([2H])c1[2H]. The van der Waals surface area contributed by atoms with Gasteiger partial charge in [-0.15, -0.1) is 0 Å². The predicted molar refractivity (Wildman–Crippen MR) is 77.0 cm³/mol. The van der Waals surface area contributed by atoms with Crippen LogP contribution in [0.25, 0.3) is 33.2 Å². The van der Waals surface area contributed by atoms with Gasteiger partial charge in [-0.25, -0.2) is 0 Å². The summed E-state index contributed by atoms with van der Waals surface area (Å²) in [6.07, 6.45) is -0.293. The molecule has 0 amide bonds. The number of rotatable bonds is 1. The van der Waals surface area contributed by atoms with Crippen molar-refractivity contribution >= 4 is 21.9 Å². The molecule has 2 heterocycles. The van der Waals surface area contributed by atoms with Crippen LogP contribution in [0.5, 0.6) is 0 Å². The quantitative estimate of drug-likeness (QED) is 0.491. The van der Waals surface area contributed by atoms with E-state index in [2.05, 4.69) is 4.98 Å². The van der Waals surface area contributed by atoms with Gasteiger partial charge in [0.05, 0.1) is 11.2 Å². The Morgan fingerprint density at radius 2 is 1.84 bits per heavy atom. The summed E-state index contributed by atoms with van der Waals surface area (Å²) >= 11 is 0. The summed E-state index contributed by atoms with van der Waals surface area (Å²) in [5, 5.41) is 1.86. The van der Waals surface area contributed by atoms with E-state index in [0.29, 0.717) is 5.56 Å². The minimum Gasteiger partial charge on any atom is -0.456 e. The van der Waals surface area contributed by atoms with Gasteiger partial charge in [0, 0.05) is 22.5 Å². The van der Waals surface area contributed by atoms with Crippen LogP contribution >= 0.6 is 0 Å². The molecule has 0 N–H and O–H groups in total. The third-order valence-electron chi connectivity index (χ3n) is 3.12. The van der Waals surface area contributed by atoms with E-state index in [4.69, 9.17) is 9.90 Å². The fourth-order valence-corrected chi connectivity index (χ4v) is 2.24. The van der Waals surface area contributed by atoms with Crippen LogP contribution in [0.2, 0.25) is 0 Å². The van der Waals surface area contributed by atoms with Crippen LogP contribution in [0.15, 0.2) is 71.2 Å². The molecular formula is C17H11NO. The second kappa shape index (κ2) is 3.95. The Kier molecular flexibility index (Phi) is 1.48. The number of hydrogen-bond acceptors (Lipinski definition) is 2. The summed E-state index contributed by atoms with van der Waals surface area (Å²) < 4.78 is 36.9. The molecule has 0 saturated heterocycles. The van der Waals surface area contributed by atoms with E-state index in [9.17, 15) is 0 Å². The van der Waals surface area contributed by atoms with Crippen LogP contribution in [-0.4, -0.2) is 4.98 Å². The molecule has 0 spiro atoms. The summed E-state index contributed by atoms with van der Waals surface area (Å²) in [5.74, 6) is 0. The number of para-hydroxylation sites is 1. The molecule has 0 unspecified atom stereocenters. The van der Waals surface area contributed by atoms with Crippen LogP contribution in [-0.2, 0) is 0 Å². The molecule has 0 aliphatic carbocycles. The molecule has 19 heavy (non-hydrogen) atoms. The Morgan fingerprint density at radius 3 is 2.84 bits per heavy atom. The van der Waals surface area contributed by atoms with Crippen molar-refractivity contribution in [1.82, 2.24) is 4.98 Å². The van der Waals surface area contributed by atoms with Crippen LogP contribution in [0, 0.1) is 0 Å². The minimum atomic E-state index is -0.325. The van der Waals surface area contributed by atoms with Crippen molar-refractivity contribution in [2.24, 2.45) is 0 Å². The Morgan fingerprint density at radius 1 is 0.947 bits per heavy atom. The number of benzene rings is 2. The van der Waals surface area contributed by atoms with E-state index < -0.39 is 0 Å². The van der Waals surface area contributed by atoms with E-state index in [-0.39, 0.29) is 30.0 Å². The molecule has 2 heteroatoms. The molecule has 0 fully saturated rings. The summed E-state index contributed by atoms with van der Waals surface area (Å²) in [6, 6.07) is 12.3. The molecule has 2 aromatic heterocycles. The lowest BCUT2D eigenvalue weighted by Gasteiger charge is -1.99. The van der Waals surface area contributed by atoms with Crippen molar-refractivity contribution in [3.63, 3.8) is 0 Å². The van der Waals surface area contributed by atoms with Gasteiger partial charge in [-0.3, -0.25) is 4.98 Å². The van der Waals surface area contributed by atoms with Gasteiger partial charge in [0.25, 0.3) is 0 Å². The fraction of sp³-hybridized carbons (Fsp3) is 0. The Hall–Kier alpha value is -2.61. The number of nitrogens with zero attached hydrogens (tertiary/aromatic N) is 1. The lowest BCUT2D eigenvalue weighted by molar-refractivity contribution is 0.669. The molecule has 4 aromatic rings. The Bertz CT molecular complexity index is 1070. The van der Waals surface area contributed by atoms with Gasteiger partial charge >= 0.3 is 0 Å². The van der Waals surface area contributed by atoms with Crippen molar-refractivity contribution in [1.29, 1.82) is 0 Å². The number of furan rings is 1. The maximum absolute atomic E-state index is 8.03. The molecular weight excluding hydrogens is 234 g/mol. The van der Waals surface area contributed by atoms with E-state index in [1.807, 2.05) is 30.3 Å². The first-order chi connectivity index (χ1) is 11.1.